The van der Waals surface area contributed by atoms with Crippen LogP contribution in [0.2, 0.25) is 0 Å². The summed E-state index contributed by atoms with van der Waals surface area (Å²) in [7, 11) is 1.45. The van der Waals surface area contributed by atoms with Crippen LogP contribution in [0.4, 0.5) is 4.39 Å². The molecule has 4 rings (SSSR count). The van der Waals surface area contributed by atoms with Crippen molar-refractivity contribution in [2.45, 2.75) is 18.9 Å². The van der Waals surface area contributed by atoms with E-state index >= 15 is 0 Å². The maximum atomic E-state index is 14.3. The van der Waals surface area contributed by atoms with E-state index in [0.29, 0.717) is 35.3 Å². The molecule has 2 amide bonds. The molecule has 0 radical (unpaired) electrons. The predicted octanol–water partition coefficient (Wildman–Crippen LogP) is 3.53. The van der Waals surface area contributed by atoms with E-state index in [9.17, 15) is 14.0 Å². The Morgan fingerprint density at radius 2 is 1.84 bits per heavy atom. The molecule has 0 saturated heterocycles. The molecule has 1 atom stereocenters. The van der Waals surface area contributed by atoms with E-state index in [4.69, 9.17) is 10.5 Å². The third-order valence-electron chi connectivity index (χ3n) is 5.00. The lowest BCUT2D eigenvalue weighted by Crippen LogP contribution is -2.40. The number of ether oxygens (including phenoxy) is 1. The van der Waals surface area contributed by atoms with Crippen molar-refractivity contribution in [3.63, 3.8) is 0 Å². The van der Waals surface area contributed by atoms with Gasteiger partial charge in [-0.15, -0.1) is 0 Å². The number of fused-ring (bicyclic) bond motifs is 1. The van der Waals surface area contributed by atoms with Gasteiger partial charge in [0.1, 0.15) is 18.1 Å². The number of halogens is 1. The van der Waals surface area contributed by atoms with Crippen molar-refractivity contribution in [2.75, 3.05) is 13.7 Å². The average molecular weight is 421 g/mol. The minimum atomic E-state index is -0.631. The zero-order valence-corrected chi connectivity index (χ0v) is 17.2. The Kier molecular flexibility index (Phi) is 7.32. The van der Waals surface area contributed by atoms with Crippen LogP contribution in [0.3, 0.4) is 0 Å². The van der Waals surface area contributed by atoms with Crippen molar-refractivity contribution < 1.29 is 18.7 Å². The van der Waals surface area contributed by atoms with Gasteiger partial charge in [0.2, 0.25) is 5.91 Å². The topological polar surface area (TPSA) is 85.5 Å². The van der Waals surface area contributed by atoms with Crippen molar-refractivity contribution in [2.24, 2.45) is 5.73 Å². The molecule has 0 fully saturated rings. The van der Waals surface area contributed by atoms with Gasteiger partial charge in [-0.05, 0) is 42.2 Å². The zero-order valence-electron chi connectivity index (χ0n) is 17.2. The molecule has 6 nitrogen and oxygen atoms in total. The van der Waals surface area contributed by atoms with Gasteiger partial charge in [0.25, 0.3) is 5.91 Å². The number of nitrogens with two attached hydrogens (primary N) is 1. The Morgan fingerprint density at radius 3 is 2.39 bits per heavy atom. The summed E-state index contributed by atoms with van der Waals surface area (Å²) < 4.78 is 19.4. The lowest BCUT2D eigenvalue weighted by Gasteiger charge is -2.29. The summed E-state index contributed by atoms with van der Waals surface area (Å²) in [6.07, 6.45) is 3.97. The first kappa shape index (κ1) is 22.0. The quantitative estimate of drug-likeness (QED) is 0.683. The van der Waals surface area contributed by atoms with Gasteiger partial charge in [-0.3, -0.25) is 14.6 Å². The first-order valence-electron chi connectivity index (χ1n) is 9.87. The second kappa shape index (κ2) is 10.3. The first-order valence-corrected chi connectivity index (χ1v) is 9.87. The summed E-state index contributed by atoms with van der Waals surface area (Å²) in [4.78, 5) is 29.7. The highest BCUT2D eigenvalue weighted by Crippen LogP contribution is 2.39. The van der Waals surface area contributed by atoms with Crippen molar-refractivity contribution in [3.05, 3.63) is 95.6 Å². The third-order valence-corrected chi connectivity index (χ3v) is 5.00. The van der Waals surface area contributed by atoms with Gasteiger partial charge >= 0.3 is 0 Å². The zero-order chi connectivity index (χ0) is 22.2. The molecule has 1 aliphatic carbocycles. The fourth-order valence-corrected chi connectivity index (χ4v) is 3.60. The molecular weight excluding hydrogens is 397 g/mol. The summed E-state index contributed by atoms with van der Waals surface area (Å²) in [6, 6.07) is 17.8. The maximum absolute atomic E-state index is 14.3. The minimum absolute atomic E-state index is 0.253. The number of hydrogen-bond acceptors (Lipinski definition) is 4. The largest absolute Gasteiger partial charge is 0.497 e. The molecule has 0 bridgehead atoms. The molecule has 2 aromatic carbocycles. The molecule has 1 unspecified atom stereocenters. The van der Waals surface area contributed by atoms with Crippen molar-refractivity contribution in [3.8, 4) is 5.75 Å². The van der Waals surface area contributed by atoms with Gasteiger partial charge in [0, 0.05) is 18.5 Å². The number of primary amides is 1. The van der Waals surface area contributed by atoms with Gasteiger partial charge in [0.15, 0.2) is 0 Å². The molecule has 2 N–H and O–H groups in total. The number of carbonyl (C=O) groups excluding carboxylic acids is 2. The van der Waals surface area contributed by atoms with Crippen LogP contribution < -0.4 is 10.5 Å². The molecule has 7 heteroatoms. The van der Waals surface area contributed by atoms with Crippen LogP contribution in [-0.4, -0.2) is 35.4 Å². The van der Waals surface area contributed by atoms with E-state index in [1.54, 1.807) is 24.4 Å². The lowest BCUT2D eigenvalue weighted by atomic mass is 10.0. The number of rotatable bonds is 5. The molecule has 1 heterocycles. The number of pyridine rings is 1. The highest BCUT2D eigenvalue weighted by atomic mass is 19.1. The highest BCUT2D eigenvalue weighted by Gasteiger charge is 2.34. The van der Waals surface area contributed by atoms with Gasteiger partial charge in [-0.25, -0.2) is 4.39 Å². The number of carbonyl (C=O) groups is 2. The molecule has 0 spiro atoms. The fourth-order valence-electron chi connectivity index (χ4n) is 3.60. The van der Waals surface area contributed by atoms with Gasteiger partial charge in [-0.2, -0.15) is 0 Å². The van der Waals surface area contributed by atoms with Crippen LogP contribution in [-0.2, 0) is 11.2 Å². The Balaban J connectivity index is 0.000000391. The normalized spacial score (nSPS) is 14.1. The molecule has 160 valence electrons. The standard InChI is InChI=1S/C18H18FN3O3.C6H6/c1-25-12-7-14-13(15(19)8-12)4-5-16(14)22(10-17(20)23)18(24)11-3-2-6-21-9-11;1-2-4-6-5-3-1/h2-3,6-9,16H,4-5,10H2,1H3,(H2,20,23);1-6H. The molecule has 1 aliphatic rings. The third kappa shape index (κ3) is 5.45. The number of benzene rings is 2. The van der Waals surface area contributed by atoms with Gasteiger partial charge in [0.05, 0.1) is 18.7 Å². The second-order valence-corrected chi connectivity index (χ2v) is 7.03. The monoisotopic (exact) mass is 421 g/mol. The lowest BCUT2D eigenvalue weighted by molar-refractivity contribution is -0.119. The van der Waals surface area contributed by atoms with Gasteiger partial charge < -0.3 is 15.4 Å². The van der Waals surface area contributed by atoms with Crippen LogP contribution in [0.1, 0.15) is 33.9 Å². The molecule has 1 aromatic heterocycles. The highest BCUT2D eigenvalue weighted by molar-refractivity contribution is 5.96. The predicted molar refractivity (Wildman–Crippen MR) is 115 cm³/mol. The summed E-state index contributed by atoms with van der Waals surface area (Å²) in [5.74, 6) is -0.997. The summed E-state index contributed by atoms with van der Waals surface area (Å²) >= 11 is 0. The Morgan fingerprint density at radius 1 is 1.16 bits per heavy atom. The maximum Gasteiger partial charge on any atom is 0.256 e. The van der Waals surface area contributed by atoms with Crippen LogP contribution in [0.25, 0.3) is 0 Å². The molecule has 0 aliphatic heterocycles. The summed E-state index contributed by atoms with van der Waals surface area (Å²) in [5, 5.41) is 0. The Labute approximate surface area is 180 Å². The molecule has 3 aromatic rings. The van der Waals surface area contributed by atoms with Crippen molar-refractivity contribution in [1.29, 1.82) is 0 Å². The summed E-state index contributed by atoms with van der Waals surface area (Å²) in [6.45, 7) is -0.253. The SMILES string of the molecule is COc1cc(F)c2c(c1)C(N(CC(N)=O)C(=O)c1cccnc1)CC2.c1ccccc1. The van der Waals surface area contributed by atoms with E-state index in [1.807, 2.05) is 36.4 Å². The van der Waals surface area contributed by atoms with E-state index < -0.39 is 11.9 Å². The Bertz CT molecular complexity index is 1000. The molecule has 31 heavy (non-hydrogen) atoms. The minimum Gasteiger partial charge on any atom is -0.497 e. The smallest absolute Gasteiger partial charge is 0.256 e. The molecular formula is C24H24FN3O3. The van der Waals surface area contributed by atoms with Crippen LogP contribution >= 0.6 is 0 Å². The molecule has 0 saturated carbocycles. The number of nitrogens with zero attached hydrogens (tertiary/aromatic N) is 2. The Hall–Kier alpha value is -3.74. The van der Waals surface area contributed by atoms with E-state index in [2.05, 4.69) is 4.98 Å². The van der Waals surface area contributed by atoms with Crippen LogP contribution in [0.15, 0.2) is 73.1 Å². The van der Waals surface area contributed by atoms with Crippen LogP contribution in [0.5, 0.6) is 5.75 Å². The second-order valence-electron chi connectivity index (χ2n) is 7.03. The first-order chi connectivity index (χ1) is 15.0. The van der Waals surface area contributed by atoms with E-state index in [0.717, 1.165) is 0 Å². The number of aromatic nitrogens is 1. The summed E-state index contributed by atoms with van der Waals surface area (Å²) in [5.41, 5.74) is 6.87. The number of amides is 2. The van der Waals surface area contributed by atoms with Gasteiger partial charge in [-0.1, -0.05) is 36.4 Å². The van der Waals surface area contributed by atoms with Crippen molar-refractivity contribution in [1.82, 2.24) is 9.88 Å². The average Bonchev–Trinajstić information content (AvgIpc) is 3.23. The van der Waals surface area contributed by atoms with Crippen molar-refractivity contribution >= 4 is 11.8 Å². The van der Waals surface area contributed by atoms with Crippen LogP contribution in [0, 0.1) is 5.82 Å². The number of hydrogen-bond donors (Lipinski definition) is 1. The fraction of sp³-hybridized carbons (Fsp3) is 0.208. The van der Waals surface area contributed by atoms with E-state index in [1.165, 1.54) is 24.3 Å². The van der Waals surface area contributed by atoms with E-state index in [-0.39, 0.29) is 18.3 Å². The number of methoxy groups -OCH3 is 1.